The molecule has 4 rings (SSSR count). The first-order valence-corrected chi connectivity index (χ1v) is 10.9. The van der Waals surface area contributed by atoms with E-state index < -0.39 is 5.97 Å². The average Bonchev–Trinajstić information content (AvgIpc) is 3.02. The van der Waals surface area contributed by atoms with Crippen LogP contribution in [0.2, 0.25) is 0 Å². The van der Waals surface area contributed by atoms with Crippen LogP contribution in [-0.4, -0.2) is 27.1 Å². The molecule has 0 radical (unpaired) electrons. The van der Waals surface area contributed by atoms with Crippen molar-refractivity contribution in [3.63, 3.8) is 0 Å². The van der Waals surface area contributed by atoms with E-state index >= 15 is 0 Å². The number of nitrogen functional groups attached to an aromatic ring is 1. The van der Waals surface area contributed by atoms with E-state index in [0.717, 1.165) is 41.4 Å². The van der Waals surface area contributed by atoms with E-state index in [1.165, 1.54) is 0 Å². The number of fused-ring (bicyclic) bond motifs is 2. The number of carbonyl (C=O) groups excluding carboxylic acids is 1. The van der Waals surface area contributed by atoms with Gasteiger partial charge in [-0.25, -0.2) is 14.8 Å². The monoisotopic (exact) mass is 466 g/mol. The van der Waals surface area contributed by atoms with Crippen molar-refractivity contribution in [2.75, 3.05) is 12.3 Å². The van der Waals surface area contributed by atoms with Crippen LogP contribution >= 0.6 is 15.9 Å². The zero-order valence-electron chi connectivity index (χ0n) is 16.8. The van der Waals surface area contributed by atoms with Crippen LogP contribution < -0.4 is 5.73 Å². The number of nitrogens with zero attached hydrogens (tertiary/aromatic N) is 3. The highest BCUT2D eigenvalue weighted by Crippen LogP contribution is 2.32. The number of anilines is 1. The molecule has 0 fully saturated rings. The highest BCUT2D eigenvalue weighted by molar-refractivity contribution is 9.10. The molecule has 0 unspecified atom stereocenters. The van der Waals surface area contributed by atoms with Gasteiger partial charge in [-0.05, 0) is 36.8 Å². The summed E-state index contributed by atoms with van der Waals surface area (Å²) in [5, 5.41) is 0. The normalized spacial score (nSPS) is 11.3. The number of aromatic nitrogens is 3. The minimum absolute atomic E-state index is 0.263. The van der Waals surface area contributed by atoms with Gasteiger partial charge in [0, 0.05) is 4.47 Å². The number of halogens is 1. The van der Waals surface area contributed by atoms with Gasteiger partial charge in [-0.3, -0.25) is 4.57 Å². The zero-order chi connectivity index (χ0) is 21.1. The van der Waals surface area contributed by atoms with Crippen molar-refractivity contribution >= 4 is 49.9 Å². The van der Waals surface area contributed by atoms with Crippen LogP contribution in [0.3, 0.4) is 0 Å². The third kappa shape index (κ3) is 3.89. The van der Waals surface area contributed by atoms with Crippen molar-refractivity contribution in [3.05, 3.63) is 58.6 Å². The molecule has 0 atom stereocenters. The Hall–Kier alpha value is -2.93. The predicted molar refractivity (Wildman–Crippen MR) is 123 cm³/mol. The summed E-state index contributed by atoms with van der Waals surface area (Å²) in [6.07, 6.45) is 4.12. The van der Waals surface area contributed by atoms with Crippen molar-refractivity contribution in [2.24, 2.45) is 0 Å². The van der Waals surface area contributed by atoms with Crippen LogP contribution in [0, 0.1) is 0 Å². The molecule has 2 heterocycles. The molecule has 2 aromatic carbocycles. The number of hydrogen-bond donors (Lipinski definition) is 1. The maximum Gasteiger partial charge on any atom is 0.344 e. The van der Waals surface area contributed by atoms with E-state index in [0.29, 0.717) is 23.3 Å². The number of hydrogen-bond acceptors (Lipinski definition) is 5. The molecular weight excluding hydrogens is 444 g/mol. The van der Waals surface area contributed by atoms with E-state index in [1.54, 1.807) is 4.57 Å². The predicted octanol–water partition coefficient (Wildman–Crippen LogP) is 5.66. The number of ether oxygens (including phenoxy) is 1. The van der Waals surface area contributed by atoms with Gasteiger partial charge in [0.1, 0.15) is 16.9 Å². The van der Waals surface area contributed by atoms with Gasteiger partial charge in [-0.15, -0.1) is 0 Å². The first-order chi connectivity index (χ1) is 14.6. The molecule has 2 aromatic heterocycles. The van der Waals surface area contributed by atoms with Crippen LogP contribution in [0.5, 0.6) is 0 Å². The number of nitrogens with two attached hydrogens (primary N) is 1. The molecule has 0 saturated heterocycles. The maximum absolute atomic E-state index is 13.0. The molecule has 0 bridgehead atoms. The second kappa shape index (κ2) is 8.83. The number of unbranched alkanes of at least 4 members (excludes halogenated alkanes) is 3. The fourth-order valence-corrected chi connectivity index (χ4v) is 3.89. The summed E-state index contributed by atoms with van der Waals surface area (Å²) in [7, 11) is 0. The SMILES string of the molecule is CCCCCCOC(=O)c1c(N)n(-c2cccc(Br)c2)c2nc3ccccc3nc12. The second-order valence-electron chi connectivity index (χ2n) is 7.16. The second-order valence-corrected chi connectivity index (χ2v) is 8.07. The van der Waals surface area contributed by atoms with Gasteiger partial charge >= 0.3 is 5.97 Å². The Bertz CT molecular complexity index is 1220. The third-order valence-corrected chi connectivity index (χ3v) is 5.49. The van der Waals surface area contributed by atoms with Gasteiger partial charge in [0.05, 0.1) is 23.3 Å². The molecule has 30 heavy (non-hydrogen) atoms. The fraction of sp³-hybridized carbons (Fsp3) is 0.261. The summed E-state index contributed by atoms with van der Waals surface area (Å²) >= 11 is 3.50. The summed E-state index contributed by atoms with van der Waals surface area (Å²) in [5.74, 6) is -0.190. The minimum Gasteiger partial charge on any atom is -0.462 e. The summed E-state index contributed by atoms with van der Waals surface area (Å²) < 4.78 is 8.19. The van der Waals surface area contributed by atoms with Crippen LogP contribution in [0.1, 0.15) is 43.0 Å². The average molecular weight is 467 g/mol. The fourth-order valence-electron chi connectivity index (χ4n) is 3.51. The molecule has 4 aromatic rings. The highest BCUT2D eigenvalue weighted by atomic mass is 79.9. The quantitative estimate of drug-likeness (QED) is 0.280. The lowest BCUT2D eigenvalue weighted by molar-refractivity contribution is 0.0501. The lowest BCUT2D eigenvalue weighted by Crippen LogP contribution is -2.10. The minimum atomic E-state index is -0.465. The zero-order valence-corrected chi connectivity index (χ0v) is 18.4. The van der Waals surface area contributed by atoms with Gasteiger partial charge in [0.15, 0.2) is 5.65 Å². The Morgan fingerprint density at radius 3 is 2.57 bits per heavy atom. The highest BCUT2D eigenvalue weighted by Gasteiger charge is 2.26. The molecule has 0 spiro atoms. The van der Waals surface area contributed by atoms with Gasteiger partial charge in [0.25, 0.3) is 0 Å². The Kier molecular flexibility index (Phi) is 5.99. The van der Waals surface area contributed by atoms with E-state index in [9.17, 15) is 4.79 Å². The van der Waals surface area contributed by atoms with Crippen LogP contribution in [0.4, 0.5) is 5.82 Å². The van der Waals surface area contributed by atoms with Gasteiger partial charge in [-0.1, -0.05) is 60.3 Å². The smallest absolute Gasteiger partial charge is 0.344 e. The first kappa shape index (κ1) is 20.3. The van der Waals surface area contributed by atoms with Gasteiger partial charge in [0.2, 0.25) is 0 Å². The van der Waals surface area contributed by atoms with Crippen molar-refractivity contribution in [1.29, 1.82) is 0 Å². The summed E-state index contributed by atoms with van der Waals surface area (Å²) in [6.45, 7) is 2.51. The lowest BCUT2D eigenvalue weighted by atomic mass is 10.2. The van der Waals surface area contributed by atoms with Gasteiger partial charge in [-0.2, -0.15) is 0 Å². The Morgan fingerprint density at radius 2 is 1.83 bits per heavy atom. The molecule has 0 aliphatic carbocycles. The number of carbonyl (C=O) groups is 1. The molecule has 0 amide bonds. The molecular formula is C23H23BrN4O2. The standard InChI is InChI=1S/C23H23BrN4O2/c1-2-3-4-7-13-30-23(29)19-20-22(27-18-12-6-5-11-17(18)26-20)28(21(19)25)16-10-8-9-15(24)14-16/h5-6,8-12,14H,2-4,7,13,25H2,1H3. The molecule has 2 N–H and O–H groups in total. The topological polar surface area (TPSA) is 83.0 Å². The van der Waals surface area contributed by atoms with E-state index in [2.05, 4.69) is 22.9 Å². The number of para-hydroxylation sites is 2. The summed E-state index contributed by atoms with van der Waals surface area (Å²) in [6, 6.07) is 15.2. The number of benzene rings is 2. The number of esters is 1. The van der Waals surface area contributed by atoms with E-state index in [4.69, 9.17) is 20.4 Å². The molecule has 0 saturated carbocycles. The first-order valence-electron chi connectivity index (χ1n) is 10.1. The van der Waals surface area contributed by atoms with E-state index in [1.807, 2.05) is 48.5 Å². The molecule has 0 aliphatic heterocycles. The Morgan fingerprint density at radius 1 is 1.07 bits per heavy atom. The lowest BCUT2D eigenvalue weighted by Gasteiger charge is -2.08. The van der Waals surface area contributed by atoms with Crippen LogP contribution in [0.25, 0.3) is 27.9 Å². The Balaban J connectivity index is 1.84. The van der Waals surface area contributed by atoms with Crippen molar-refractivity contribution < 1.29 is 9.53 Å². The molecule has 7 heteroatoms. The number of rotatable bonds is 7. The molecule has 0 aliphatic rings. The van der Waals surface area contributed by atoms with Crippen molar-refractivity contribution in [2.45, 2.75) is 32.6 Å². The van der Waals surface area contributed by atoms with Crippen LogP contribution in [0.15, 0.2) is 53.0 Å². The van der Waals surface area contributed by atoms with Gasteiger partial charge < -0.3 is 10.5 Å². The maximum atomic E-state index is 13.0. The van der Waals surface area contributed by atoms with E-state index in [-0.39, 0.29) is 11.4 Å². The third-order valence-electron chi connectivity index (χ3n) is 5.00. The largest absolute Gasteiger partial charge is 0.462 e. The van der Waals surface area contributed by atoms with Crippen LogP contribution in [-0.2, 0) is 4.74 Å². The summed E-state index contributed by atoms with van der Waals surface area (Å²) in [5.41, 5.74) is 9.95. The van der Waals surface area contributed by atoms with Crippen molar-refractivity contribution in [1.82, 2.24) is 14.5 Å². The molecule has 154 valence electrons. The van der Waals surface area contributed by atoms with Crippen molar-refractivity contribution in [3.8, 4) is 5.69 Å². The molecule has 6 nitrogen and oxygen atoms in total. The summed E-state index contributed by atoms with van der Waals surface area (Å²) in [4.78, 5) is 22.4. The Labute approximate surface area is 183 Å².